The molecule has 0 aromatic rings. The summed E-state index contributed by atoms with van der Waals surface area (Å²) in [5.41, 5.74) is 0. The lowest BCUT2D eigenvalue weighted by Gasteiger charge is -2.34. The molecule has 1 heterocycles. The number of likely N-dealkylation sites (tertiary alicyclic amines) is 1. The average Bonchev–Trinajstić information content (AvgIpc) is 3.29. The van der Waals surface area contributed by atoms with Crippen molar-refractivity contribution in [1.29, 1.82) is 0 Å². The van der Waals surface area contributed by atoms with Gasteiger partial charge in [0.1, 0.15) is 0 Å². The number of piperidine rings is 1. The van der Waals surface area contributed by atoms with E-state index in [1.54, 1.807) is 0 Å². The number of nitrogens with one attached hydrogen (secondary N) is 2. The normalized spacial score (nSPS) is 21.6. The zero-order valence-electron chi connectivity index (χ0n) is 12.7. The fourth-order valence-electron chi connectivity index (χ4n) is 2.67. The summed E-state index contributed by atoms with van der Waals surface area (Å²) in [5.74, 6) is 0.760. The highest BCUT2D eigenvalue weighted by Gasteiger charge is 2.32. The zero-order chi connectivity index (χ0) is 14.5. The molecule has 5 heteroatoms. The lowest BCUT2D eigenvalue weighted by atomic mass is 10.0. The second kappa shape index (κ2) is 7.07. The van der Waals surface area contributed by atoms with Gasteiger partial charge in [0.05, 0.1) is 0 Å². The molecule has 1 unspecified atom stereocenters. The molecule has 2 rings (SSSR count). The number of amides is 2. The van der Waals surface area contributed by atoms with E-state index in [0.29, 0.717) is 0 Å². The topological polar surface area (TPSA) is 61.4 Å². The molecule has 5 nitrogen and oxygen atoms in total. The Bertz CT molecular complexity index is 347. The third-order valence-electron chi connectivity index (χ3n) is 4.22. The van der Waals surface area contributed by atoms with Crippen LogP contribution in [0.3, 0.4) is 0 Å². The highest BCUT2D eigenvalue weighted by molar-refractivity contribution is 5.81. The van der Waals surface area contributed by atoms with Crippen molar-refractivity contribution in [2.45, 2.75) is 45.6 Å². The third-order valence-corrected chi connectivity index (χ3v) is 4.22. The van der Waals surface area contributed by atoms with Crippen LogP contribution in [0.4, 0.5) is 0 Å². The molecule has 1 atom stereocenters. The van der Waals surface area contributed by atoms with Gasteiger partial charge in [-0.15, -0.1) is 0 Å². The van der Waals surface area contributed by atoms with E-state index in [0.717, 1.165) is 51.9 Å². The monoisotopic (exact) mass is 281 g/mol. The van der Waals surface area contributed by atoms with Gasteiger partial charge in [0.15, 0.2) is 0 Å². The van der Waals surface area contributed by atoms with Gasteiger partial charge < -0.3 is 15.5 Å². The van der Waals surface area contributed by atoms with Gasteiger partial charge in [0.25, 0.3) is 0 Å². The SMILES string of the molecule is CCNCC(C)C(=O)N1CCC(NC(=O)C2CC2)CC1. The van der Waals surface area contributed by atoms with Crippen molar-refractivity contribution >= 4 is 11.8 Å². The first-order valence-electron chi connectivity index (χ1n) is 7.91. The summed E-state index contributed by atoms with van der Waals surface area (Å²) >= 11 is 0. The van der Waals surface area contributed by atoms with Crippen LogP contribution in [0.2, 0.25) is 0 Å². The summed E-state index contributed by atoms with van der Waals surface area (Å²) in [5, 5.41) is 6.33. The molecule has 20 heavy (non-hydrogen) atoms. The van der Waals surface area contributed by atoms with Crippen LogP contribution in [0.15, 0.2) is 0 Å². The minimum atomic E-state index is 0.0348. The van der Waals surface area contributed by atoms with E-state index in [4.69, 9.17) is 0 Å². The van der Waals surface area contributed by atoms with Crippen LogP contribution in [0.5, 0.6) is 0 Å². The Morgan fingerprint density at radius 2 is 1.85 bits per heavy atom. The van der Waals surface area contributed by atoms with Crippen molar-refractivity contribution in [1.82, 2.24) is 15.5 Å². The Hall–Kier alpha value is -1.10. The van der Waals surface area contributed by atoms with E-state index in [-0.39, 0.29) is 29.7 Å². The molecule has 0 spiro atoms. The van der Waals surface area contributed by atoms with E-state index >= 15 is 0 Å². The van der Waals surface area contributed by atoms with Crippen LogP contribution in [-0.4, -0.2) is 48.9 Å². The zero-order valence-corrected chi connectivity index (χ0v) is 12.7. The third kappa shape index (κ3) is 4.20. The first-order chi connectivity index (χ1) is 9.61. The molecule has 2 N–H and O–H groups in total. The lowest BCUT2D eigenvalue weighted by molar-refractivity contribution is -0.136. The van der Waals surface area contributed by atoms with Crippen LogP contribution < -0.4 is 10.6 Å². The minimum absolute atomic E-state index is 0.0348. The maximum Gasteiger partial charge on any atom is 0.226 e. The molecule has 1 saturated carbocycles. The number of carbonyl (C=O) groups is 2. The molecule has 1 aliphatic carbocycles. The Kier molecular flexibility index (Phi) is 5.40. The van der Waals surface area contributed by atoms with E-state index in [9.17, 15) is 9.59 Å². The summed E-state index contributed by atoms with van der Waals surface area (Å²) in [6.07, 6.45) is 3.87. The van der Waals surface area contributed by atoms with Gasteiger partial charge in [-0.2, -0.15) is 0 Å². The van der Waals surface area contributed by atoms with E-state index in [2.05, 4.69) is 10.6 Å². The summed E-state index contributed by atoms with van der Waals surface area (Å²) < 4.78 is 0. The number of hydrogen-bond donors (Lipinski definition) is 2. The molecule has 0 bridgehead atoms. The Morgan fingerprint density at radius 3 is 2.40 bits per heavy atom. The molecule has 2 fully saturated rings. The minimum Gasteiger partial charge on any atom is -0.353 e. The van der Waals surface area contributed by atoms with Gasteiger partial charge in [-0.3, -0.25) is 9.59 Å². The molecular weight excluding hydrogens is 254 g/mol. The molecule has 1 aliphatic heterocycles. The summed E-state index contributed by atoms with van der Waals surface area (Å²) in [6.45, 7) is 7.20. The number of nitrogens with zero attached hydrogens (tertiary/aromatic N) is 1. The van der Waals surface area contributed by atoms with Crippen LogP contribution in [0, 0.1) is 11.8 Å². The predicted octanol–water partition coefficient (Wildman–Crippen LogP) is 0.749. The van der Waals surface area contributed by atoms with Crippen LogP contribution in [-0.2, 0) is 9.59 Å². The molecule has 2 amide bonds. The van der Waals surface area contributed by atoms with E-state index in [1.165, 1.54) is 0 Å². The number of carbonyl (C=O) groups excluding carboxylic acids is 2. The summed E-state index contributed by atoms with van der Waals surface area (Å²) in [7, 11) is 0. The quantitative estimate of drug-likeness (QED) is 0.755. The maximum atomic E-state index is 12.2. The molecule has 0 aromatic heterocycles. The van der Waals surface area contributed by atoms with Gasteiger partial charge in [0, 0.05) is 37.5 Å². The maximum absolute atomic E-state index is 12.2. The number of rotatable bonds is 6. The highest BCUT2D eigenvalue weighted by atomic mass is 16.2. The van der Waals surface area contributed by atoms with Crippen molar-refractivity contribution in [3.8, 4) is 0 Å². The van der Waals surface area contributed by atoms with Crippen LogP contribution >= 0.6 is 0 Å². The first-order valence-corrected chi connectivity index (χ1v) is 7.91. The number of hydrogen-bond acceptors (Lipinski definition) is 3. The molecule has 0 radical (unpaired) electrons. The predicted molar refractivity (Wildman–Crippen MR) is 78.2 cm³/mol. The first kappa shape index (κ1) is 15.3. The van der Waals surface area contributed by atoms with Gasteiger partial charge in [0.2, 0.25) is 11.8 Å². The summed E-state index contributed by atoms with van der Waals surface area (Å²) in [6, 6.07) is 0.260. The second-order valence-electron chi connectivity index (χ2n) is 6.09. The Balaban J connectivity index is 1.70. The molecular formula is C15H27N3O2. The van der Waals surface area contributed by atoms with Crippen molar-refractivity contribution < 1.29 is 9.59 Å². The lowest BCUT2D eigenvalue weighted by Crippen LogP contribution is -2.49. The van der Waals surface area contributed by atoms with E-state index < -0.39 is 0 Å². The standard InChI is InChI=1S/C15H27N3O2/c1-3-16-10-11(2)15(20)18-8-6-13(7-9-18)17-14(19)12-4-5-12/h11-13,16H,3-10H2,1-2H3,(H,17,19). The van der Waals surface area contributed by atoms with Crippen molar-refractivity contribution in [3.05, 3.63) is 0 Å². The van der Waals surface area contributed by atoms with Crippen molar-refractivity contribution in [2.24, 2.45) is 11.8 Å². The van der Waals surface area contributed by atoms with Crippen LogP contribution in [0.1, 0.15) is 39.5 Å². The fourth-order valence-corrected chi connectivity index (χ4v) is 2.67. The van der Waals surface area contributed by atoms with Gasteiger partial charge in [-0.25, -0.2) is 0 Å². The molecule has 1 saturated heterocycles. The molecule has 114 valence electrons. The largest absolute Gasteiger partial charge is 0.353 e. The molecule has 2 aliphatic rings. The van der Waals surface area contributed by atoms with Crippen molar-refractivity contribution in [2.75, 3.05) is 26.2 Å². The van der Waals surface area contributed by atoms with Gasteiger partial charge in [-0.05, 0) is 32.2 Å². The molecule has 0 aromatic carbocycles. The average molecular weight is 281 g/mol. The Labute approximate surface area is 121 Å². The van der Waals surface area contributed by atoms with E-state index in [1.807, 2.05) is 18.7 Å². The highest BCUT2D eigenvalue weighted by Crippen LogP contribution is 2.29. The summed E-state index contributed by atoms with van der Waals surface area (Å²) in [4.78, 5) is 25.9. The second-order valence-corrected chi connectivity index (χ2v) is 6.09. The smallest absolute Gasteiger partial charge is 0.226 e. The fraction of sp³-hybridized carbons (Fsp3) is 0.867. The van der Waals surface area contributed by atoms with Gasteiger partial charge >= 0.3 is 0 Å². The van der Waals surface area contributed by atoms with Crippen molar-refractivity contribution in [3.63, 3.8) is 0 Å². The Morgan fingerprint density at radius 1 is 1.20 bits per heavy atom. The van der Waals surface area contributed by atoms with Crippen LogP contribution in [0.25, 0.3) is 0 Å². The van der Waals surface area contributed by atoms with Gasteiger partial charge in [-0.1, -0.05) is 13.8 Å².